The maximum Gasteiger partial charge on any atom is 0.146 e. The van der Waals surface area contributed by atoms with Crippen LogP contribution in [0.5, 0.6) is 0 Å². The third-order valence-electron chi connectivity index (χ3n) is 3.39. The minimum atomic E-state index is 0.163. The van der Waals surface area contributed by atoms with Crippen molar-refractivity contribution < 1.29 is 9.90 Å². The number of hydrogen-bond donors (Lipinski definition) is 1. The van der Waals surface area contributed by atoms with Gasteiger partial charge in [0, 0.05) is 19.0 Å². The number of rotatable bonds is 7. The molecule has 3 heteroatoms. The highest BCUT2D eigenvalue weighted by Gasteiger charge is 2.22. The van der Waals surface area contributed by atoms with Crippen LogP contribution in [0, 0.1) is 0 Å². The first-order valence-corrected chi connectivity index (χ1v) is 6.64. The predicted molar refractivity (Wildman–Crippen MR) is 65.4 cm³/mol. The molecule has 0 bridgehead atoms. The van der Waals surface area contributed by atoms with E-state index in [2.05, 4.69) is 4.90 Å². The van der Waals surface area contributed by atoms with Crippen LogP contribution >= 0.6 is 0 Å². The molecule has 16 heavy (non-hydrogen) atoms. The van der Waals surface area contributed by atoms with Crippen LogP contribution in [0.25, 0.3) is 0 Å². The van der Waals surface area contributed by atoms with Gasteiger partial charge < -0.3 is 5.11 Å². The molecule has 1 fully saturated rings. The van der Waals surface area contributed by atoms with Crippen molar-refractivity contribution in [1.82, 2.24) is 4.90 Å². The highest BCUT2D eigenvalue weighted by molar-refractivity contribution is 5.80. The second-order valence-electron chi connectivity index (χ2n) is 4.77. The summed E-state index contributed by atoms with van der Waals surface area (Å²) < 4.78 is 0. The van der Waals surface area contributed by atoms with E-state index in [1.165, 1.54) is 32.1 Å². The van der Waals surface area contributed by atoms with Gasteiger partial charge in [0.2, 0.25) is 0 Å². The Labute approximate surface area is 98.8 Å². The quantitative estimate of drug-likeness (QED) is 0.723. The average molecular weight is 227 g/mol. The van der Waals surface area contributed by atoms with Gasteiger partial charge in [-0.05, 0) is 19.3 Å². The van der Waals surface area contributed by atoms with E-state index in [1.54, 1.807) is 0 Å². The van der Waals surface area contributed by atoms with Gasteiger partial charge in [0.25, 0.3) is 0 Å². The lowest BCUT2D eigenvalue weighted by molar-refractivity contribution is -0.121. The van der Waals surface area contributed by atoms with Crippen LogP contribution in [0.15, 0.2) is 0 Å². The summed E-state index contributed by atoms with van der Waals surface area (Å²) in [6.07, 6.45) is 7.86. The number of nitrogens with zero attached hydrogens (tertiary/aromatic N) is 1. The lowest BCUT2D eigenvalue weighted by Crippen LogP contribution is -2.41. The van der Waals surface area contributed by atoms with Crippen LogP contribution in [-0.2, 0) is 4.79 Å². The van der Waals surface area contributed by atoms with Crippen LogP contribution in [0.3, 0.4) is 0 Å². The number of carbonyl (C=O) groups is 1. The summed E-state index contributed by atoms with van der Waals surface area (Å²) in [5.74, 6) is 0.321. The van der Waals surface area contributed by atoms with Gasteiger partial charge in [-0.2, -0.15) is 0 Å². The fourth-order valence-electron chi connectivity index (χ4n) is 2.55. The first-order chi connectivity index (χ1) is 7.77. The predicted octanol–water partition coefficient (Wildman–Crippen LogP) is 1.98. The van der Waals surface area contributed by atoms with E-state index in [1.807, 2.05) is 6.92 Å². The van der Waals surface area contributed by atoms with Gasteiger partial charge in [-0.3, -0.25) is 9.69 Å². The molecule has 1 aliphatic rings. The number of aliphatic hydroxyl groups is 1. The van der Waals surface area contributed by atoms with Crippen LogP contribution in [0.4, 0.5) is 0 Å². The standard InChI is InChI=1S/C13H25NO2/c1-2-6-13(16)11-14(9-10-15)12-7-4-3-5-8-12/h12,15H,2-11H2,1H3. The minimum Gasteiger partial charge on any atom is -0.395 e. The number of carbonyl (C=O) groups excluding carboxylic acids is 1. The van der Waals surface area contributed by atoms with Crippen molar-refractivity contribution >= 4 is 5.78 Å². The lowest BCUT2D eigenvalue weighted by Gasteiger charge is -2.33. The Hall–Kier alpha value is -0.410. The van der Waals surface area contributed by atoms with Crippen molar-refractivity contribution in [3.63, 3.8) is 0 Å². The smallest absolute Gasteiger partial charge is 0.146 e. The Bertz CT molecular complexity index is 200. The zero-order valence-electron chi connectivity index (χ0n) is 10.5. The van der Waals surface area contributed by atoms with Crippen molar-refractivity contribution in [2.45, 2.75) is 57.9 Å². The van der Waals surface area contributed by atoms with Gasteiger partial charge in [0.1, 0.15) is 5.78 Å². The van der Waals surface area contributed by atoms with Crippen LogP contribution in [0.2, 0.25) is 0 Å². The Morgan fingerprint density at radius 3 is 2.56 bits per heavy atom. The summed E-state index contributed by atoms with van der Waals surface area (Å²) in [7, 11) is 0. The molecule has 0 spiro atoms. The molecule has 0 aromatic carbocycles. The van der Waals surface area contributed by atoms with E-state index < -0.39 is 0 Å². The zero-order valence-corrected chi connectivity index (χ0v) is 10.5. The molecule has 1 N–H and O–H groups in total. The van der Waals surface area contributed by atoms with E-state index in [0.717, 1.165) is 6.42 Å². The summed E-state index contributed by atoms with van der Waals surface area (Å²) in [4.78, 5) is 13.8. The molecule has 0 aliphatic heterocycles. The van der Waals surface area contributed by atoms with E-state index in [-0.39, 0.29) is 6.61 Å². The van der Waals surface area contributed by atoms with Gasteiger partial charge in [0.15, 0.2) is 0 Å². The van der Waals surface area contributed by atoms with Gasteiger partial charge >= 0.3 is 0 Å². The molecule has 0 aromatic heterocycles. The molecule has 3 nitrogen and oxygen atoms in total. The van der Waals surface area contributed by atoms with Crippen molar-refractivity contribution in [3.05, 3.63) is 0 Å². The third-order valence-corrected chi connectivity index (χ3v) is 3.39. The van der Waals surface area contributed by atoms with E-state index >= 15 is 0 Å². The maximum absolute atomic E-state index is 11.6. The van der Waals surface area contributed by atoms with Crippen LogP contribution in [0.1, 0.15) is 51.9 Å². The molecule has 0 atom stereocenters. The molecule has 94 valence electrons. The monoisotopic (exact) mass is 227 g/mol. The fourth-order valence-corrected chi connectivity index (χ4v) is 2.55. The summed E-state index contributed by atoms with van der Waals surface area (Å²) in [6, 6.07) is 0.529. The molecule has 1 rings (SSSR count). The van der Waals surface area contributed by atoms with Gasteiger partial charge in [-0.25, -0.2) is 0 Å². The fraction of sp³-hybridized carbons (Fsp3) is 0.923. The number of hydrogen-bond acceptors (Lipinski definition) is 3. The average Bonchev–Trinajstić information content (AvgIpc) is 2.30. The Morgan fingerprint density at radius 1 is 1.31 bits per heavy atom. The molecule has 0 radical (unpaired) electrons. The molecular formula is C13H25NO2. The van der Waals surface area contributed by atoms with E-state index in [0.29, 0.717) is 31.3 Å². The Balaban J connectivity index is 2.41. The molecule has 0 unspecified atom stereocenters. The number of Topliss-reactive ketones (excluding diaryl/α,β-unsaturated/α-hetero) is 1. The number of ketones is 1. The van der Waals surface area contributed by atoms with Crippen molar-refractivity contribution in [2.24, 2.45) is 0 Å². The summed E-state index contributed by atoms with van der Waals surface area (Å²) in [5, 5.41) is 9.06. The third kappa shape index (κ3) is 4.62. The van der Waals surface area contributed by atoms with Gasteiger partial charge in [0.05, 0.1) is 13.2 Å². The molecule has 0 saturated heterocycles. The van der Waals surface area contributed by atoms with Gasteiger partial charge in [-0.15, -0.1) is 0 Å². The zero-order chi connectivity index (χ0) is 11.8. The van der Waals surface area contributed by atoms with Gasteiger partial charge in [-0.1, -0.05) is 26.2 Å². The normalized spacial score (nSPS) is 17.9. The van der Waals surface area contributed by atoms with Crippen molar-refractivity contribution in [1.29, 1.82) is 0 Å². The molecule has 1 aliphatic carbocycles. The molecule has 0 amide bonds. The number of aliphatic hydroxyl groups excluding tert-OH is 1. The second kappa shape index (κ2) is 7.80. The van der Waals surface area contributed by atoms with Crippen molar-refractivity contribution in [2.75, 3.05) is 19.7 Å². The summed E-state index contributed by atoms with van der Waals surface area (Å²) >= 11 is 0. The minimum absolute atomic E-state index is 0.163. The maximum atomic E-state index is 11.6. The molecular weight excluding hydrogens is 202 g/mol. The molecule has 0 aromatic rings. The van der Waals surface area contributed by atoms with E-state index in [4.69, 9.17) is 5.11 Å². The lowest BCUT2D eigenvalue weighted by atomic mass is 9.94. The molecule has 0 heterocycles. The topological polar surface area (TPSA) is 40.5 Å². The first kappa shape index (κ1) is 13.7. The largest absolute Gasteiger partial charge is 0.395 e. The van der Waals surface area contributed by atoms with Crippen LogP contribution in [-0.4, -0.2) is 41.5 Å². The Kier molecular flexibility index (Phi) is 6.65. The molecule has 1 saturated carbocycles. The Morgan fingerprint density at radius 2 is 2.00 bits per heavy atom. The highest BCUT2D eigenvalue weighted by Crippen LogP contribution is 2.22. The van der Waals surface area contributed by atoms with Crippen LogP contribution < -0.4 is 0 Å². The second-order valence-corrected chi connectivity index (χ2v) is 4.77. The summed E-state index contributed by atoms with van der Waals surface area (Å²) in [6.45, 7) is 3.39. The SMILES string of the molecule is CCCC(=O)CN(CCO)C1CCCCC1. The van der Waals surface area contributed by atoms with Crippen molar-refractivity contribution in [3.8, 4) is 0 Å². The summed E-state index contributed by atoms with van der Waals surface area (Å²) in [5.41, 5.74) is 0. The van der Waals surface area contributed by atoms with E-state index in [9.17, 15) is 4.79 Å². The highest BCUT2D eigenvalue weighted by atomic mass is 16.3. The first-order valence-electron chi connectivity index (χ1n) is 6.64.